The predicted octanol–water partition coefficient (Wildman–Crippen LogP) is 4.28. The molecule has 4 rings (SSSR count). The number of carboxylic acid groups (broad SMARTS) is 1. The zero-order chi connectivity index (χ0) is 20.4. The number of thiophene rings is 1. The second-order valence-electron chi connectivity index (χ2n) is 6.66. The van der Waals surface area contributed by atoms with E-state index in [-0.39, 0.29) is 17.6 Å². The third-order valence-corrected chi connectivity index (χ3v) is 7.56. The molecular formula is C20H18NO6PS. The van der Waals surface area contributed by atoms with Gasteiger partial charge in [0.05, 0.1) is 12.8 Å². The summed E-state index contributed by atoms with van der Waals surface area (Å²) in [6.45, 7) is 0.278. The van der Waals surface area contributed by atoms with Crippen molar-refractivity contribution in [1.82, 2.24) is 5.09 Å². The molecule has 0 amide bonds. The highest BCUT2D eigenvalue weighted by Gasteiger charge is 2.36. The molecule has 7 nitrogen and oxygen atoms in total. The fourth-order valence-corrected chi connectivity index (χ4v) is 6.08. The summed E-state index contributed by atoms with van der Waals surface area (Å²) >= 11 is 1.18. The molecule has 2 atom stereocenters. The number of aromatic carboxylic acids is 1. The van der Waals surface area contributed by atoms with Crippen molar-refractivity contribution >= 4 is 40.9 Å². The van der Waals surface area contributed by atoms with Crippen molar-refractivity contribution in [2.24, 2.45) is 0 Å². The Morgan fingerprint density at radius 2 is 2.03 bits per heavy atom. The maximum atomic E-state index is 13.7. The van der Waals surface area contributed by atoms with Crippen LogP contribution in [0.15, 0.2) is 54.6 Å². The minimum atomic E-state index is -3.50. The summed E-state index contributed by atoms with van der Waals surface area (Å²) < 4.78 is 25.3. The number of benzene rings is 2. The zero-order valence-electron chi connectivity index (χ0n) is 15.2. The molecule has 1 unspecified atom stereocenters. The van der Waals surface area contributed by atoms with Gasteiger partial charge in [0, 0.05) is 11.1 Å². The second kappa shape index (κ2) is 7.99. The van der Waals surface area contributed by atoms with Gasteiger partial charge in [-0.25, -0.2) is 9.88 Å². The van der Waals surface area contributed by atoms with Crippen molar-refractivity contribution in [2.45, 2.75) is 18.6 Å². The first kappa shape index (κ1) is 19.6. The lowest BCUT2D eigenvalue weighted by Crippen LogP contribution is -2.32. The molecule has 1 aliphatic rings. The number of carbonyl (C=O) groups is 2. The summed E-state index contributed by atoms with van der Waals surface area (Å²) in [5.41, 5.74) is 0.713. The number of ether oxygens (including phenoxy) is 1. The third kappa shape index (κ3) is 4.50. The Hall–Kier alpha value is -2.67. The third-order valence-electron chi connectivity index (χ3n) is 4.47. The van der Waals surface area contributed by atoms with Crippen LogP contribution in [-0.2, 0) is 20.3 Å². The van der Waals surface area contributed by atoms with E-state index in [0.29, 0.717) is 17.7 Å². The first-order chi connectivity index (χ1) is 13.9. The van der Waals surface area contributed by atoms with E-state index in [9.17, 15) is 19.3 Å². The molecule has 0 saturated carbocycles. The van der Waals surface area contributed by atoms with E-state index < -0.39 is 25.5 Å². The van der Waals surface area contributed by atoms with Gasteiger partial charge in [-0.1, -0.05) is 24.3 Å². The number of para-hydroxylation sites is 1. The molecule has 2 aromatic carbocycles. The maximum absolute atomic E-state index is 13.7. The van der Waals surface area contributed by atoms with E-state index in [1.165, 1.54) is 11.3 Å². The first-order valence-electron chi connectivity index (χ1n) is 8.96. The summed E-state index contributed by atoms with van der Waals surface area (Å²) in [6.07, 6.45) is 0.465. The Morgan fingerprint density at radius 3 is 2.72 bits per heavy atom. The minimum Gasteiger partial charge on any atom is -0.477 e. The summed E-state index contributed by atoms with van der Waals surface area (Å²) in [5.74, 6) is -0.993. The van der Waals surface area contributed by atoms with E-state index in [4.69, 9.17) is 9.26 Å². The van der Waals surface area contributed by atoms with Crippen LogP contribution in [-0.4, -0.2) is 29.7 Å². The van der Waals surface area contributed by atoms with Crippen molar-refractivity contribution in [3.8, 4) is 5.75 Å². The number of carbonyl (C=O) groups excluding carboxylic acids is 1. The number of cyclic esters (lactones) is 1. The molecule has 29 heavy (non-hydrogen) atoms. The molecule has 150 valence electrons. The van der Waals surface area contributed by atoms with Gasteiger partial charge >= 0.3 is 19.5 Å². The average Bonchev–Trinajstić information content (AvgIpc) is 3.28. The summed E-state index contributed by atoms with van der Waals surface area (Å²) in [6, 6.07) is 15.1. The molecule has 1 fully saturated rings. The number of carboxylic acids is 1. The summed E-state index contributed by atoms with van der Waals surface area (Å²) in [7, 11) is -3.50. The molecular weight excluding hydrogens is 413 g/mol. The maximum Gasteiger partial charge on any atom is 0.345 e. The van der Waals surface area contributed by atoms with Gasteiger partial charge in [-0.3, -0.25) is 9.36 Å². The lowest BCUT2D eigenvalue weighted by atomic mass is 10.2. The van der Waals surface area contributed by atoms with Crippen LogP contribution in [0.25, 0.3) is 10.1 Å². The monoisotopic (exact) mass is 431 g/mol. The standard InChI is InChI=1S/C20H18NO6PS/c22-19(23)18-11-14-10-13(6-7-17(14)29-18)12-28(25,21-16-8-9-26-20(16)24)27-15-4-2-1-3-5-15/h1-7,10-11,16H,8-9,12H2,(H,21,25)(H,22,23)/t16-,28?/m0/s1. The molecule has 0 radical (unpaired) electrons. The number of hydrogen-bond acceptors (Lipinski definition) is 6. The number of rotatable bonds is 7. The molecule has 9 heteroatoms. The van der Waals surface area contributed by atoms with Crippen molar-refractivity contribution in [3.05, 3.63) is 65.0 Å². The molecule has 1 aliphatic heterocycles. The number of fused-ring (bicyclic) bond motifs is 1. The highest BCUT2D eigenvalue weighted by atomic mass is 32.1. The average molecular weight is 431 g/mol. The molecule has 0 aliphatic carbocycles. The highest BCUT2D eigenvalue weighted by Crippen LogP contribution is 2.48. The van der Waals surface area contributed by atoms with Crippen LogP contribution < -0.4 is 9.61 Å². The van der Waals surface area contributed by atoms with E-state index in [1.807, 2.05) is 6.07 Å². The fraction of sp³-hybridized carbons (Fsp3) is 0.200. The number of hydrogen-bond donors (Lipinski definition) is 2. The van der Waals surface area contributed by atoms with Gasteiger partial charge < -0.3 is 14.4 Å². The lowest BCUT2D eigenvalue weighted by Gasteiger charge is -2.22. The van der Waals surface area contributed by atoms with Gasteiger partial charge in [0.1, 0.15) is 16.7 Å². The second-order valence-corrected chi connectivity index (χ2v) is 9.85. The molecule has 1 saturated heterocycles. The van der Waals surface area contributed by atoms with Crippen LogP contribution in [0.4, 0.5) is 0 Å². The van der Waals surface area contributed by atoms with E-state index >= 15 is 0 Å². The lowest BCUT2D eigenvalue weighted by molar-refractivity contribution is -0.139. The van der Waals surface area contributed by atoms with Gasteiger partial charge in [-0.2, -0.15) is 0 Å². The summed E-state index contributed by atoms with van der Waals surface area (Å²) in [5, 5.41) is 12.8. The Bertz CT molecular complexity index is 1110. The van der Waals surface area contributed by atoms with Gasteiger partial charge in [-0.05, 0) is 41.3 Å². The smallest absolute Gasteiger partial charge is 0.345 e. The SMILES string of the molecule is O=C(O)c1cc2cc(CP(=O)(N[C@H]3CCOC3=O)Oc3ccccc3)ccc2s1. The van der Waals surface area contributed by atoms with Crippen LogP contribution >= 0.6 is 18.9 Å². The van der Waals surface area contributed by atoms with E-state index in [0.717, 1.165) is 10.1 Å². The van der Waals surface area contributed by atoms with Gasteiger partial charge in [-0.15, -0.1) is 11.3 Å². The highest BCUT2D eigenvalue weighted by molar-refractivity contribution is 7.56. The zero-order valence-corrected chi connectivity index (χ0v) is 16.9. The van der Waals surface area contributed by atoms with Crippen molar-refractivity contribution < 1.29 is 28.5 Å². The topological polar surface area (TPSA) is 102 Å². The Balaban J connectivity index is 1.63. The number of esters is 1. The van der Waals surface area contributed by atoms with Crippen LogP contribution in [0.5, 0.6) is 5.75 Å². The minimum absolute atomic E-state index is 0.0415. The van der Waals surface area contributed by atoms with Crippen molar-refractivity contribution in [1.29, 1.82) is 0 Å². The van der Waals surface area contributed by atoms with Crippen molar-refractivity contribution in [2.75, 3.05) is 6.61 Å². The van der Waals surface area contributed by atoms with E-state index in [2.05, 4.69) is 5.09 Å². The molecule has 2 N–H and O–H groups in total. The first-order valence-corrected chi connectivity index (χ1v) is 11.6. The Labute approximate surface area is 170 Å². The quantitative estimate of drug-likeness (QED) is 0.425. The van der Waals surface area contributed by atoms with Gasteiger partial charge in [0.2, 0.25) is 0 Å². The molecule has 2 heterocycles. The van der Waals surface area contributed by atoms with Gasteiger partial charge in [0.25, 0.3) is 0 Å². The molecule has 0 bridgehead atoms. The molecule has 0 spiro atoms. The number of nitrogens with one attached hydrogen (secondary N) is 1. The largest absolute Gasteiger partial charge is 0.477 e. The van der Waals surface area contributed by atoms with Crippen LogP contribution in [0.1, 0.15) is 21.7 Å². The van der Waals surface area contributed by atoms with E-state index in [1.54, 1.807) is 48.5 Å². The summed E-state index contributed by atoms with van der Waals surface area (Å²) in [4.78, 5) is 23.3. The van der Waals surface area contributed by atoms with Crippen LogP contribution in [0, 0.1) is 0 Å². The van der Waals surface area contributed by atoms with Crippen LogP contribution in [0.3, 0.4) is 0 Å². The van der Waals surface area contributed by atoms with Crippen LogP contribution in [0.2, 0.25) is 0 Å². The fourth-order valence-electron chi connectivity index (χ4n) is 3.14. The normalized spacial score (nSPS) is 18.3. The molecule has 1 aromatic heterocycles. The Morgan fingerprint density at radius 1 is 1.24 bits per heavy atom. The predicted molar refractivity (Wildman–Crippen MR) is 110 cm³/mol. The molecule has 3 aromatic rings. The Kier molecular flexibility index (Phi) is 5.41. The van der Waals surface area contributed by atoms with Crippen molar-refractivity contribution in [3.63, 3.8) is 0 Å². The van der Waals surface area contributed by atoms with Gasteiger partial charge in [0.15, 0.2) is 0 Å².